The number of benzene rings is 1. The van der Waals surface area contributed by atoms with Crippen LogP contribution in [0.1, 0.15) is 42.5 Å². The number of carbonyl (C=O) groups is 2. The average molecular weight is 399 g/mol. The van der Waals surface area contributed by atoms with Crippen molar-refractivity contribution in [2.45, 2.75) is 44.2 Å². The first-order valence-electron chi connectivity index (χ1n) is 9.07. The van der Waals surface area contributed by atoms with Crippen molar-refractivity contribution in [2.75, 3.05) is 20.1 Å². The lowest BCUT2D eigenvalue weighted by molar-refractivity contribution is -0.134. The van der Waals surface area contributed by atoms with E-state index < -0.39 is 6.04 Å². The molecule has 1 aromatic rings. The molecule has 2 amide bonds. The standard InChI is InChI=1S/C19H24Cl2N2O3/c1-22(11-12-4-2-6-17(12)24)19(26)16-5-3-9-23(16)18(25)14-10-13(20)7-8-15(14)21/h7-8,10,12,16-17,24H,2-6,9,11H2,1H3/t12-,16+,17+/m0/s1. The summed E-state index contributed by atoms with van der Waals surface area (Å²) in [6.45, 7) is 1.05. The van der Waals surface area contributed by atoms with Gasteiger partial charge in [0.05, 0.1) is 16.7 Å². The smallest absolute Gasteiger partial charge is 0.256 e. The molecule has 2 fully saturated rings. The van der Waals surface area contributed by atoms with Crippen LogP contribution in [0.15, 0.2) is 18.2 Å². The lowest BCUT2D eigenvalue weighted by atomic mass is 10.0. The van der Waals surface area contributed by atoms with Gasteiger partial charge in [-0.2, -0.15) is 0 Å². The number of likely N-dealkylation sites (N-methyl/N-ethyl adjacent to an activating group) is 1. The van der Waals surface area contributed by atoms with Crippen LogP contribution in [0.25, 0.3) is 0 Å². The van der Waals surface area contributed by atoms with Gasteiger partial charge in [-0.25, -0.2) is 0 Å². The first-order chi connectivity index (χ1) is 12.4. The van der Waals surface area contributed by atoms with E-state index >= 15 is 0 Å². The Morgan fingerprint density at radius 1 is 1.23 bits per heavy atom. The highest BCUT2D eigenvalue weighted by Gasteiger charge is 2.38. The zero-order valence-electron chi connectivity index (χ0n) is 14.8. The minimum Gasteiger partial charge on any atom is -0.393 e. The summed E-state index contributed by atoms with van der Waals surface area (Å²) in [7, 11) is 1.75. The second-order valence-electron chi connectivity index (χ2n) is 7.26. The third-order valence-electron chi connectivity index (χ3n) is 5.46. The van der Waals surface area contributed by atoms with Gasteiger partial charge in [-0.1, -0.05) is 29.6 Å². The van der Waals surface area contributed by atoms with Crippen molar-refractivity contribution in [2.24, 2.45) is 5.92 Å². The van der Waals surface area contributed by atoms with Crippen molar-refractivity contribution < 1.29 is 14.7 Å². The van der Waals surface area contributed by atoms with E-state index in [1.807, 2.05) is 0 Å². The van der Waals surface area contributed by atoms with Crippen LogP contribution in [0.3, 0.4) is 0 Å². The van der Waals surface area contributed by atoms with Gasteiger partial charge in [-0.15, -0.1) is 0 Å². The number of aliphatic hydroxyl groups excluding tert-OH is 1. The Balaban J connectivity index is 1.71. The van der Waals surface area contributed by atoms with Crippen LogP contribution in [0.2, 0.25) is 10.0 Å². The highest BCUT2D eigenvalue weighted by molar-refractivity contribution is 6.35. The van der Waals surface area contributed by atoms with Crippen molar-refractivity contribution in [1.29, 1.82) is 0 Å². The molecule has 0 unspecified atom stereocenters. The second kappa shape index (κ2) is 8.15. The number of hydrogen-bond donors (Lipinski definition) is 1. The molecule has 0 aromatic heterocycles. The molecular weight excluding hydrogens is 375 g/mol. The van der Waals surface area contributed by atoms with E-state index in [4.69, 9.17) is 23.2 Å². The van der Waals surface area contributed by atoms with Gasteiger partial charge in [0.2, 0.25) is 5.91 Å². The Hall–Kier alpha value is -1.30. The Kier molecular flexibility index (Phi) is 6.10. The van der Waals surface area contributed by atoms with Gasteiger partial charge in [0.25, 0.3) is 5.91 Å². The Labute approximate surface area is 163 Å². The molecule has 1 saturated heterocycles. The van der Waals surface area contributed by atoms with E-state index in [1.165, 1.54) is 0 Å². The summed E-state index contributed by atoms with van der Waals surface area (Å²) in [5, 5.41) is 10.8. The third-order valence-corrected chi connectivity index (χ3v) is 6.03. The Morgan fingerprint density at radius 3 is 2.69 bits per heavy atom. The normalized spacial score (nSPS) is 25.5. The number of likely N-dealkylation sites (tertiary alicyclic amines) is 1. The minimum absolute atomic E-state index is 0.0758. The minimum atomic E-state index is -0.485. The monoisotopic (exact) mass is 398 g/mol. The maximum Gasteiger partial charge on any atom is 0.256 e. The highest BCUT2D eigenvalue weighted by atomic mass is 35.5. The van der Waals surface area contributed by atoms with Crippen LogP contribution in [0.4, 0.5) is 0 Å². The number of nitrogens with zero attached hydrogens (tertiary/aromatic N) is 2. The topological polar surface area (TPSA) is 60.9 Å². The molecule has 142 valence electrons. The summed E-state index contributed by atoms with van der Waals surface area (Å²) >= 11 is 12.2. The van der Waals surface area contributed by atoms with Gasteiger partial charge in [-0.3, -0.25) is 9.59 Å². The van der Waals surface area contributed by atoms with Gasteiger partial charge in [0, 0.05) is 31.1 Å². The maximum atomic E-state index is 12.9. The molecule has 5 nitrogen and oxygen atoms in total. The molecule has 0 radical (unpaired) electrons. The van der Waals surface area contributed by atoms with E-state index in [2.05, 4.69) is 0 Å². The van der Waals surface area contributed by atoms with Crippen molar-refractivity contribution in [3.05, 3.63) is 33.8 Å². The molecule has 3 atom stereocenters. The molecular formula is C19H24Cl2N2O3. The second-order valence-corrected chi connectivity index (χ2v) is 8.10. The molecule has 0 bridgehead atoms. The van der Waals surface area contributed by atoms with Crippen molar-refractivity contribution >= 4 is 35.0 Å². The van der Waals surface area contributed by atoms with E-state index in [9.17, 15) is 14.7 Å². The molecule has 1 saturated carbocycles. The number of carbonyl (C=O) groups excluding carboxylic acids is 2. The zero-order chi connectivity index (χ0) is 18.8. The number of halogens is 2. The van der Waals surface area contributed by atoms with Crippen LogP contribution in [0.5, 0.6) is 0 Å². The lowest BCUT2D eigenvalue weighted by Crippen LogP contribution is -2.48. The number of hydrogen-bond acceptors (Lipinski definition) is 3. The van der Waals surface area contributed by atoms with E-state index in [-0.39, 0.29) is 23.8 Å². The van der Waals surface area contributed by atoms with Crippen LogP contribution < -0.4 is 0 Å². The molecule has 1 heterocycles. The van der Waals surface area contributed by atoms with Gasteiger partial charge in [0.15, 0.2) is 0 Å². The van der Waals surface area contributed by atoms with E-state index in [0.717, 1.165) is 25.7 Å². The fourth-order valence-electron chi connectivity index (χ4n) is 4.01. The molecule has 0 spiro atoms. The fourth-order valence-corrected chi connectivity index (χ4v) is 4.38. The lowest BCUT2D eigenvalue weighted by Gasteiger charge is -2.30. The molecule has 1 aliphatic carbocycles. The molecule has 1 aliphatic heterocycles. The van der Waals surface area contributed by atoms with Crippen LogP contribution in [-0.4, -0.2) is 59.0 Å². The van der Waals surface area contributed by atoms with Gasteiger partial charge < -0.3 is 14.9 Å². The molecule has 1 aromatic carbocycles. The summed E-state index contributed by atoms with van der Waals surface area (Å²) in [6.07, 6.45) is 3.81. The van der Waals surface area contributed by atoms with Crippen molar-refractivity contribution in [3.8, 4) is 0 Å². The quantitative estimate of drug-likeness (QED) is 0.846. The van der Waals surface area contributed by atoms with Crippen LogP contribution in [-0.2, 0) is 4.79 Å². The van der Waals surface area contributed by atoms with E-state index in [0.29, 0.717) is 35.1 Å². The summed E-state index contributed by atoms with van der Waals surface area (Å²) in [6, 6.07) is 4.29. The predicted octanol–water partition coefficient (Wildman–Crippen LogP) is 3.22. The Morgan fingerprint density at radius 2 is 2.00 bits per heavy atom. The summed E-state index contributed by atoms with van der Waals surface area (Å²) < 4.78 is 0. The van der Waals surface area contributed by atoms with E-state index in [1.54, 1.807) is 35.0 Å². The van der Waals surface area contributed by atoms with Crippen LogP contribution >= 0.6 is 23.2 Å². The van der Waals surface area contributed by atoms with Gasteiger partial charge in [-0.05, 0) is 43.9 Å². The molecule has 3 rings (SSSR count). The summed E-state index contributed by atoms with van der Waals surface area (Å²) in [5.74, 6) is -0.215. The van der Waals surface area contributed by atoms with Crippen molar-refractivity contribution in [3.63, 3.8) is 0 Å². The van der Waals surface area contributed by atoms with Gasteiger partial charge in [0.1, 0.15) is 6.04 Å². The fraction of sp³-hybridized carbons (Fsp3) is 0.579. The largest absolute Gasteiger partial charge is 0.393 e. The first kappa shape index (κ1) is 19.5. The van der Waals surface area contributed by atoms with Gasteiger partial charge >= 0.3 is 0 Å². The highest BCUT2D eigenvalue weighted by Crippen LogP contribution is 2.29. The predicted molar refractivity (Wildman–Crippen MR) is 102 cm³/mol. The average Bonchev–Trinajstić information content (AvgIpc) is 3.25. The third kappa shape index (κ3) is 4.00. The SMILES string of the molecule is CN(C[C@@H]1CCC[C@H]1O)C(=O)[C@H]1CCCN1C(=O)c1cc(Cl)ccc1Cl. The van der Waals surface area contributed by atoms with Crippen molar-refractivity contribution in [1.82, 2.24) is 9.80 Å². The number of amides is 2. The maximum absolute atomic E-state index is 12.9. The molecule has 1 N–H and O–H groups in total. The Bertz CT molecular complexity index is 697. The summed E-state index contributed by atoms with van der Waals surface area (Å²) in [4.78, 5) is 29.1. The first-order valence-corrected chi connectivity index (χ1v) is 9.83. The molecule has 26 heavy (non-hydrogen) atoms. The molecule has 7 heteroatoms. The van der Waals surface area contributed by atoms with Crippen LogP contribution in [0, 0.1) is 5.92 Å². The molecule has 2 aliphatic rings. The zero-order valence-corrected chi connectivity index (χ0v) is 16.3. The summed E-state index contributed by atoms with van der Waals surface area (Å²) in [5.41, 5.74) is 0.327. The number of aliphatic hydroxyl groups is 1. The number of rotatable bonds is 4.